The number of nitrogens with zero attached hydrogens (tertiary/aromatic N) is 3. The number of hydrogen-bond donors (Lipinski definition) is 1. The zero-order chi connectivity index (χ0) is 14.7. The van der Waals surface area contributed by atoms with Gasteiger partial charge in [-0.3, -0.25) is 4.79 Å². The average Bonchev–Trinajstić information content (AvgIpc) is 2.94. The summed E-state index contributed by atoms with van der Waals surface area (Å²) in [6.45, 7) is 1.94. The van der Waals surface area contributed by atoms with Crippen molar-refractivity contribution in [1.82, 2.24) is 9.59 Å². The number of amides is 1. The highest BCUT2D eigenvalue weighted by molar-refractivity contribution is 7.80. The molecule has 2 rings (SSSR count). The third-order valence-electron chi connectivity index (χ3n) is 2.92. The van der Waals surface area contributed by atoms with Crippen molar-refractivity contribution >= 4 is 40.3 Å². The Kier molecular flexibility index (Phi) is 4.41. The van der Waals surface area contributed by atoms with Crippen molar-refractivity contribution in [2.75, 3.05) is 11.9 Å². The van der Waals surface area contributed by atoms with Crippen molar-refractivity contribution in [2.24, 2.45) is 5.73 Å². The van der Waals surface area contributed by atoms with Crippen molar-refractivity contribution in [1.29, 1.82) is 0 Å². The summed E-state index contributed by atoms with van der Waals surface area (Å²) >= 11 is 6.12. The van der Waals surface area contributed by atoms with Crippen LogP contribution in [0, 0.1) is 0 Å². The number of rotatable bonds is 4. The van der Waals surface area contributed by atoms with E-state index in [2.05, 4.69) is 9.59 Å². The smallest absolute Gasteiger partial charge is 0.271 e. The van der Waals surface area contributed by atoms with Crippen LogP contribution in [0.15, 0.2) is 24.3 Å². The third-order valence-corrected chi connectivity index (χ3v) is 3.90. The van der Waals surface area contributed by atoms with Crippen molar-refractivity contribution in [3.05, 3.63) is 40.4 Å². The molecule has 0 saturated carbocycles. The molecule has 104 valence electrons. The van der Waals surface area contributed by atoms with E-state index >= 15 is 0 Å². The Bertz CT molecular complexity index is 653. The molecule has 0 saturated heterocycles. The number of carbonyl (C=O) groups excluding carboxylic acids is 1. The first-order chi connectivity index (χ1) is 9.56. The van der Waals surface area contributed by atoms with Crippen LogP contribution < -0.4 is 10.6 Å². The maximum atomic E-state index is 12.5. The summed E-state index contributed by atoms with van der Waals surface area (Å²) in [6, 6.07) is 7.29. The van der Waals surface area contributed by atoms with Crippen LogP contribution in [-0.4, -0.2) is 27.5 Å². The number of anilines is 1. The number of aryl methyl sites for hydroxylation is 1. The lowest BCUT2D eigenvalue weighted by Crippen LogP contribution is -2.28. The van der Waals surface area contributed by atoms with Crippen LogP contribution in [0.2, 0.25) is 0 Å². The predicted octanol–water partition coefficient (Wildman–Crippen LogP) is 2.01. The number of nitrogens with two attached hydrogens (primary N) is 1. The molecule has 0 radical (unpaired) electrons. The van der Waals surface area contributed by atoms with Crippen molar-refractivity contribution in [3.8, 4) is 0 Å². The van der Waals surface area contributed by atoms with E-state index in [1.807, 2.05) is 25.1 Å². The summed E-state index contributed by atoms with van der Waals surface area (Å²) in [5, 5.41) is 3.96. The quantitative estimate of drug-likeness (QED) is 0.875. The van der Waals surface area contributed by atoms with Crippen molar-refractivity contribution in [2.45, 2.75) is 13.3 Å². The van der Waals surface area contributed by atoms with Gasteiger partial charge in [0, 0.05) is 12.6 Å². The fourth-order valence-corrected chi connectivity index (χ4v) is 2.74. The molecule has 1 heterocycles. The Balaban J connectivity index is 2.39. The molecule has 0 aliphatic rings. The number of para-hydroxylation sites is 1. The maximum absolute atomic E-state index is 12.5. The van der Waals surface area contributed by atoms with Gasteiger partial charge in [-0.2, -0.15) is 0 Å². The molecule has 1 amide bonds. The molecule has 0 bridgehead atoms. The van der Waals surface area contributed by atoms with Gasteiger partial charge in [0.1, 0.15) is 9.87 Å². The predicted molar refractivity (Wildman–Crippen MR) is 84.3 cm³/mol. The van der Waals surface area contributed by atoms with Crippen LogP contribution in [-0.2, 0) is 6.42 Å². The van der Waals surface area contributed by atoms with Crippen LogP contribution in [0.3, 0.4) is 0 Å². The summed E-state index contributed by atoms with van der Waals surface area (Å²) in [5.41, 5.74) is 7.76. The highest BCUT2D eigenvalue weighted by Crippen LogP contribution is 2.23. The van der Waals surface area contributed by atoms with Crippen molar-refractivity contribution < 1.29 is 4.79 Å². The highest BCUT2D eigenvalue weighted by Gasteiger charge is 2.22. The normalized spacial score (nSPS) is 10.3. The number of thiocarbonyl (C=S) groups is 1. The molecule has 0 aliphatic carbocycles. The lowest BCUT2D eigenvalue weighted by Gasteiger charge is -2.19. The van der Waals surface area contributed by atoms with Crippen LogP contribution in [0.25, 0.3) is 0 Å². The zero-order valence-electron chi connectivity index (χ0n) is 11.2. The van der Waals surface area contributed by atoms with Gasteiger partial charge in [0.2, 0.25) is 0 Å². The number of aromatic nitrogens is 2. The van der Waals surface area contributed by atoms with E-state index in [9.17, 15) is 4.79 Å². The second-order valence-corrected chi connectivity index (χ2v) is 5.34. The molecule has 1 aromatic carbocycles. The van der Waals surface area contributed by atoms with Gasteiger partial charge in [0.15, 0.2) is 0 Å². The largest absolute Gasteiger partial charge is 0.389 e. The first kappa shape index (κ1) is 14.5. The summed E-state index contributed by atoms with van der Waals surface area (Å²) in [6.07, 6.45) is 0.669. The van der Waals surface area contributed by atoms with E-state index in [-0.39, 0.29) is 10.9 Å². The molecule has 2 aromatic rings. The Morgan fingerprint density at radius 1 is 1.45 bits per heavy atom. The standard InChI is InChI=1S/C13H14N4OS2/c1-3-9-11(20-16-15-9)13(18)17(2)10-7-5-4-6-8(10)12(14)19/h4-7H,3H2,1-2H3,(H2,14,19). The monoisotopic (exact) mass is 306 g/mol. The van der Waals surface area contributed by atoms with Gasteiger partial charge in [-0.05, 0) is 30.1 Å². The van der Waals surface area contributed by atoms with E-state index in [1.54, 1.807) is 13.1 Å². The molecular formula is C13H14N4OS2. The Morgan fingerprint density at radius 2 is 2.15 bits per heavy atom. The van der Waals surface area contributed by atoms with Crippen LogP contribution >= 0.6 is 23.8 Å². The maximum Gasteiger partial charge on any atom is 0.271 e. The molecule has 0 aliphatic heterocycles. The molecule has 0 spiro atoms. The van der Waals surface area contributed by atoms with Gasteiger partial charge in [-0.15, -0.1) is 5.10 Å². The Labute approximate surface area is 126 Å². The SMILES string of the molecule is CCc1nnsc1C(=O)N(C)c1ccccc1C(N)=S. The fourth-order valence-electron chi connectivity index (χ4n) is 1.84. The van der Waals surface area contributed by atoms with Crippen LogP contribution in [0.5, 0.6) is 0 Å². The van der Waals surface area contributed by atoms with Crippen LogP contribution in [0.1, 0.15) is 27.9 Å². The van der Waals surface area contributed by atoms with Gasteiger partial charge < -0.3 is 10.6 Å². The average molecular weight is 306 g/mol. The van der Waals surface area contributed by atoms with Gasteiger partial charge in [0.05, 0.1) is 11.4 Å². The molecule has 1 aromatic heterocycles. The molecule has 7 heteroatoms. The second kappa shape index (κ2) is 6.06. The van der Waals surface area contributed by atoms with Crippen molar-refractivity contribution in [3.63, 3.8) is 0 Å². The summed E-state index contributed by atoms with van der Waals surface area (Å²) < 4.78 is 3.84. The first-order valence-corrected chi connectivity index (χ1v) is 7.22. The number of benzene rings is 1. The molecule has 0 atom stereocenters. The highest BCUT2D eigenvalue weighted by atomic mass is 32.1. The number of hydrogen-bond acceptors (Lipinski definition) is 5. The Morgan fingerprint density at radius 3 is 2.80 bits per heavy atom. The minimum Gasteiger partial charge on any atom is -0.389 e. The summed E-state index contributed by atoms with van der Waals surface area (Å²) in [7, 11) is 1.69. The molecule has 0 unspecified atom stereocenters. The summed E-state index contributed by atoms with van der Waals surface area (Å²) in [5.74, 6) is -0.152. The molecule has 5 nitrogen and oxygen atoms in total. The minimum atomic E-state index is -0.152. The van der Waals surface area contributed by atoms with E-state index in [1.165, 1.54) is 4.90 Å². The lowest BCUT2D eigenvalue weighted by molar-refractivity contribution is 0.0996. The van der Waals surface area contributed by atoms with Gasteiger partial charge in [0.25, 0.3) is 5.91 Å². The second-order valence-electron chi connectivity index (χ2n) is 4.15. The summed E-state index contributed by atoms with van der Waals surface area (Å²) in [4.78, 5) is 14.9. The van der Waals surface area contributed by atoms with Gasteiger partial charge in [-0.1, -0.05) is 35.8 Å². The lowest BCUT2D eigenvalue weighted by atomic mass is 10.1. The first-order valence-electron chi connectivity index (χ1n) is 6.04. The topological polar surface area (TPSA) is 72.1 Å². The zero-order valence-corrected chi connectivity index (χ0v) is 12.8. The van der Waals surface area contributed by atoms with Gasteiger partial charge >= 0.3 is 0 Å². The molecule has 0 fully saturated rings. The van der Waals surface area contributed by atoms with E-state index in [4.69, 9.17) is 18.0 Å². The molecule has 2 N–H and O–H groups in total. The third kappa shape index (κ3) is 2.68. The number of carbonyl (C=O) groups is 1. The minimum absolute atomic E-state index is 0.152. The van der Waals surface area contributed by atoms with Gasteiger partial charge in [-0.25, -0.2) is 0 Å². The van der Waals surface area contributed by atoms with E-state index in [0.29, 0.717) is 28.2 Å². The van der Waals surface area contributed by atoms with Crippen LogP contribution in [0.4, 0.5) is 5.69 Å². The Hall–Kier alpha value is -1.86. The van der Waals surface area contributed by atoms with E-state index < -0.39 is 0 Å². The molecular weight excluding hydrogens is 292 g/mol. The molecule has 20 heavy (non-hydrogen) atoms. The van der Waals surface area contributed by atoms with E-state index in [0.717, 1.165) is 11.5 Å². The fraction of sp³-hybridized carbons (Fsp3) is 0.231.